The van der Waals surface area contributed by atoms with Crippen LogP contribution in [0.25, 0.3) is 27.6 Å². The van der Waals surface area contributed by atoms with E-state index in [9.17, 15) is 4.79 Å². The Hall–Kier alpha value is -2.62. The van der Waals surface area contributed by atoms with E-state index in [1.54, 1.807) is 11.8 Å². The predicted molar refractivity (Wildman–Crippen MR) is 139 cm³/mol. The summed E-state index contributed by atoms with van der Waals surface area (Å²) in [5.74, 6) is 1.29. The van der Waals surface area contributed by atoms with E-state index < -0.39 is 0 Å². The van der Waals surface area contributed by atoms with Crippen molar-refractivity contribution in [3.63, 3.8) is 0 Å². The molecule has 1 N–H and O–H groups in total. The van der Waals surface area contributed by atoms with Crippen LogP contribution < -0.4 is 5.32 Å². The van der Waals surface area contributed by atoms with Gasteiger partial charge in [0.1, 0.15) is 10.4 Å². The molecule has 0 radical (unpaired) electrons. The molecule has 1 aromatic carbocycles. The first-order valence-electron chi connectivity index (χ1n) is 11.7. The van der Waals surface area contributed by atoms with Crippen LogP contribution in [-0.2, 0) is 16.0 Å². The van der Waals surface area contributed by atoms with Gasteiger partial charge in [-0.05, 0) is 72.3 Å². The number of carbonyl (C=O) groups excluding carboxylic acids is 1. The van der Waals surface area contributed by atoms with Gasteiger partial charge in [0.2, 0.25) is 5.91 Å². The Morgan fingerprint density at radius 2 is 2.11 bits per heavy atom. The molecule has 1 saturated carbocycles. The number of nitrogens with zero attached hydrogens (tertiary/aromatic N) is 5. The zero-order chi connectivity index (χ0) is 24.5. The lowest BCUT2D eigenvalue weighted by molar-refractivity contribution is -0.125. The second-order valence-electron chi connectivity index (χ2n) is 9.04. The molecular weight excluding hydrogens is 532 g/mol. The molecule has 35 heavy (non-hydrogen) atoms. The van der Waals surface area contributed by atoms with Crippen LogP contribution >= 0.6 is 27.5 Å². The fourth-order valence-corrected chi connectivity index (χ4v) is 5.54. The summed E-state index contributed by atoms with van der Waals surface area (Å²) in [7, 11) is 1.63. The van der Waals surface area contributed by atoms with Crippen LogP contribution in [-0.4, -0.2) is 50.9 Å². The van der Waals surface area contributed by atoms with Gasteiger partial charge in [-0.15, -0.1) is 0 Å². The van der Waals surface area contributed by atoms with Crippen molar-refractivity contribution >= 4 is 55.4 Å². The third kappa shape index (κ3) is 5.03. The largest absolute Gasteiger partial charge is 0.383 e. The molecule has 4 aromatic rings. The van der Waals surface area contributed by atoms with E-state index in [0.717, 1.165) is 64.8 Å². The van der Waals surface area contributed by atoms with Crippen molar-refractivity contribution in [2.75, 3.05) is 20.3 Å². The number of amides is 1. The standard InChI is InChI=1S/C25H26BrClN6O2/c1-14-9-20(27)18-12-17(5-6-21(18)30-14)33-24-19(23(26)32-33)13-29-22(31-24)11-15-3-4-16(10-15)25(34)28-7-8-35-2/h5-6,9,12-13,15-16H,3-4,7-8,10-11H2,1-2H3,(H,28,34)/t15-,16-/m1/s1. The molecule has 3 heterocycles. The van der Waals surface area contributed by atoms with Crippen LogP contribution in [0, 0.1) is 18.8 Å². The Kier molecular flexibility index (Phi) is 7.00. The molecule has 0 spiro atoms. The number of pyridine rings is 1. The average molecular weight is 558 g/mol. The Bertz CT molecular complexity index is 1410. The summed E-state index contributed by atoms with van der Waals surface area (Å²) in [5, 5.41) is 9.98. The number of fused-ring (bicyclic) bond motifs is 2. The summed E-state index contributed by atoms with van der Waals surface area (Å²) in [6.07, 6.45) is 5.27. The third-order valence-corrected chi connectivity index (χ3v) is 7.43. The molecule has 0 saturated heterocycles. The number of aryl methyl sites for hydroxylation is 1. The van der Waals surface area contributed by atoms with E-state index in [0.29, 0.717) is 28.7 Å². The van der Waals surface area contributed by atoms with Crippen LogP contribution in [0.2, 0.25) is 5.02 Å². The second-order valence-corrected chi connectivity index (χ2v) is 10.2. The lowest BCUT2D eigenvalue weighted by Gasteiger charge is -2.12. The van der Waals surface area contributed by atoms with Gasteiger partial charge in [-0.25, -0.2) is 14.6 Å². The van der Waals surface area contributed by atoms with E-state index in [2.05, 4.69) is 36.3 Å². The van der Waals surface area contributed by atoms with Crippen molar-refractivity contribution in [1.82, 2.24) is 30.0 Å². The normalized spacial score (nSPS) is 17.9. The quantitative estimate of drug-likeness (QED) is 0.328. The number of nitrogens with one attached hydrogen (secondary N) is 1. The first-order chi connectivity index (χ1) is 16.9. The molecule has 1 amide bonds. The minimum Gasteiger partial charge on any atom is -0.383 e. The molecule has 0 bridgehead atoms. The smallest absolute Gasteiger partial charge is 0.223 e. The van der Waals surface area contributed by atoms with Gasteiger partial charge in [0.05, 0.1) is 28.2 Å². The van der Waals surface area contributed by atoms with Crippen LogP contribution in [0.1, 0.15) is 30.8 Å². The van der Waals surface area contributed by atoms with E-state index in [4.69, 9.17) is 21.3 Å². The number of hydrogen-bond acceptors (Lipinski definition) is 6. The Labute approximate surface area is 216 Å². The number of aromatic nitrogens is 5. The number of carbonyl (C=O) groups is 1. The van der Waals surface area contributed by atoms with Crippen molar-refractivity contribution in [3.8, 4) is 5.69 Å². The van der Waals surface area contributed by atoms with Crippen molar-refractivity contribution in [3.05, 3.63) is 51.6 Å². The summed E-state index contributed by atoms with van der Waals surface area (Å²) in [6.45, 7) is 3.00. The summed E-state index contributed by atoms with van der Waals surface area (Å²) < 4.78 is 7.50. The molecule has 182 valence electrons. The monoisotopic (exact) mass is 556 g/mol. The van der Waals surface area contributed by atoms with Crippen LogP contribution in [0.3, 0.4) is 0 Å². The highest BCUT2D eigenvalue weighted by Crippen LogP contribution is 2.34. The number of hydrogen-bond donors (Lipinski definition) is 1. The van der Waals surface area contributed by atoms with Gasteiger partial charge < -0.3 is 10.1 Å². The molecule has 1 aliphatic rings. The molecule has 0 aliphatic heterocycles. The van der Waals surface area contributed by atoms with E-state index in [1.165, 1.54) is 0 Å². The second kappa shape index (κ2) is 10.2. The van der Waals surface area contributed by atoms with Gasteiger partial charge in [0.15, 0.2) is 5.65 Å². The first kappa shape index (κ1) is 24.1. The number of methoxy groups -OCH3 is 1. The van der Waals surface area contributed by atoms with E-state index in [-0.39, 0.29) is 11.8 Å². The maximum atomic E-state index is 12.4. The highest BCUT2D eigenvalue weighted by molar-refractivity contribution is 9.10. The van der Waals surface area contributed by atoms with Gasteiger partial charge in [-0.1, -0.05) is 11.6 Å². The highest BCUT2D eigenvalue weighted by atomic mass is 79.9. The molecule has 0 unspecified atom stereocenters. The topological polar surface area (TPSA) is 94.8 Å². The Balaban J connectivity index is 1.38. The lowest BCUT2D eigenvalue weighted by atomic mass is 10.0. The van der Waals surface area contributed by atoms with Crippen molar-refractivity contribution < 1.29 is 9.53 Å². The minimum absolute atomic E-state index is 0.0415. The van der Waals surface area contributed by atoms with Gasteiger partial charge in [-0.2, -0.15) is 5.10 Å². The van der Waals surface area contributed by atoms with E-state index in [1.807, 2.05) is 37.4 Å². The number of ether oxygens (including phenoxy) is 1. The molecule has 3 aromatic heterocycles. The van der Waals surface area contributed by atoms with Crippen LogP contribution in [0.15, 0.2) is 35.1 Å². The van der Waals surface area contributed by atoms with Crippen molar-refractivity contribution in [1.29, 1.82) is 0 Å². The molecule has 2 atom stereocenters. The zero-order valence-electron chi connectivity index (χ0n) is 19.6. The van der Waals surface area contributed by atoms with Gasteiger partial charge in [-0.3, -0.25) is 9.78 Å². The first-order valence-corrected chi connectivity index (χ1v) is 12.8. The fraction of sp³-hybridized carbons (Fsp3) is 0.400. The zero-order valence-corrected chi connectivity index (χ0v) is 21.9. The average Bonchev–Trinajstić information content (AvgIpc) is 3.43. The number of halogens is 2. The van der Waals surface area contributed by atoms with Crippen molar-refractivity contribution in [2.45, 2.75) is 32.6 Å². The van der Waals surface area contributed by atoms with Gasteiger partial charge in [0.25, 0.3) is 0 Å². The predicted octanol–water partition coefficient (Wildman–Crippen LogP) is 4.81. The third-order valence-electron chi connectivity index (χ3n) is 6.53. The Morgan fingerprint density at radius 1 is 1.26 bits per heavy atom. The minimum atomic E-state index is 0.0415. The molecule has 8 nitrogen and oxygen atoms in total. The summed E-state index contributed by atoms with van der Waals surface area (Å²) in [5.41, 5.74) is 3.29. The molecule has 1 fully saturated rings. The molecule has 1 aliphatic carbocycles. The van der Waals surface area contributed by atoms with E-state index >= 15 is 0 Å². The summed E-state index contributed by atoms with van der Waals surface area (Å²) in [4.78, 5) is 26.4. The Morgan fingerprint density at radius 3 is 2.94 bits per heavy atom. The number of benzene rings is 1. The summed E-state index contributed by atoms with van der Waals surface area (Å²) >= 11 is 10.0. The van der Waals surface area contributed by atoms with Crippen molar-refractivity contribution in [2.24, 2.45) is 11.8 Å². The summed E-state index contributed by atoms with van der Waals surface area (Å²) in [6, 6.07) is 7.76. The maximum Gasteiger partial charge on any atom is 0.223 e. The fourth-order valence-electron chi connectivity index (χ4n) is 4.79. The lowest BCUT2D eigenvalue weighted by Crippen LogP contribution is -2.32. The molecule has 5 rings (SSSR count). The number of rotatable bonds is 7. The van der Waals surface area contributed by atoms with Gasteiger partial charge in [0, 0.05) is 43.3 Å². The molecular formula is C25H26BrClN6O2. The SMILES string of the molecule is COCCNC(=O)[C@@H]1CC[C@@H](Cc2ncc3c(Br)nn(-c4ccc5nc(C)cc(Cl)c5c4)c3n2)C1. The maximum absolute atomic E-state index is 12.4. The van der Waals surface area contributed by atoms with Crippen LogP contribution in [0.5, 0.6) is 0 Å². The highest BCUT2D eigenvalue weighted by Gasteiger charge is 2.30. The molecule has 10 heteroatoms. The van der Waals surface area contributed by atoms with Crippen LogP contribution in [0.4, 0.5) is 0 Å². The van der Waals surface area contributed by atoms with Gasteiger partial charge >= 0.3 is 0 Å².